The minimum atomic E-state index is -0.0216. The number of aryl methyl sites for hydroxylation is 1. The molecule has 3 aromatic rings. The van der Waals surface area contributed by atoms with Gasteiger partial charge in [-0.25, -0.2) is 4.68 Å². The molecule has 0 bridgehead atoms. The first kappa shape index (κ1) is 16.3. The number of carbonyl (C=O) groups is 1. The highest BCUT2D eigenvalue weighted by Crippen LogP contribution is 2.15. The lowest BCUT2D eigenvalue weighted by molar-refractivity contribution is -0.116. The molecule has 0 atom stereocenters. The molecule has 122 valence electrons. The van der Waals surface area contributed by atoms with Gasteiger partial charge in [-0.3, -0.25) is 4.79 Å². The molecule has 0 aliphatic carbocycles. The highest BCUT2D eigenvalue weighted by molar-refractivity contribution is 6.30. The third-order valence-electron chi connectivity index (χ3n) is 3.69. The maximum atomic E-state index is 12.2. The molecule has 0 unspecified atom stereocenters. The normalized spacial score (nSPS) is 10.5. The molecule has 1 N–H and O–H groups in total. The Labute approximate surface area is 146 Å². The lowest BCUT2D eigenvalue weighted by Gasteiger charge is -2.09. The molecule has 0 fully saturated rings. The van der Waals surface area contributed by atoms with E-state index in [4.69, 9.17) is 11.6 Å². The van der Waals surface area contributed by atoms with Gasteiger partial charge in [-0.1, -0.05) is 54.1 Å². The Hall–Kier alpha value is -2.59. The van der Waals surface area contributed by atoms with Crippen molar-refractivity contribution in [3.8, 4) is 0 Å². The zero-order valence-electron chi connectivity index (χ0n) is 13.2. The van der Waals surface area contributed by atoms with E-state index in [1.165, 1.54) is 0 Å². The maximum absolute atomic E-state index is 12.2. The molecule has 1 amide bonds. The van der Waals surface area contributed by atoms with Crippen molar-refractivity contribution in [1.29, 1.82) is 0 Å². The van der Waals surface area contributed by atoms with Crippen LogP contribution in [0.15, 0.2) is 66.9 Å². The third-order valence-corrected chi connectivity index (χ3v) is 3.92. The molecular weight excluding hydrogens is 322 g/mol. The van der Waals surface area contributed by atoms with E-state index in [1.807, 2.05) is 54.6 Å². The van der Waals surface area contributed by atoms with Crippen LogP contribution >= 0.6 is 11.6 Å². The van der Waals surface area contributed by atoms with Gasteiger partial charge in [0.1, 0.15) is 5.82 Å². The number of nitrogens with zero attached hydrogens (tertiary/aromatic N) is 2. The number of benzene rings is 2. The molecule has 0 spiro atoms. The summed E-state index contributed by atoms with van der Waals surface area (Å²) in [5, 5.41) is 7.88. The Bertz CT molecular complexity index is 814. The van der Waals surface area contributed by atoms with Gasteiger partial charge in [0.2, 0.25) is 5.91 Å². The minimum absolute atomic E-state index is 0.0216. The Morgan fingerprint density at radius 1 is 1.04 bits per heavy atom. The third kappa shape index (κ3) is 4.46. The highest BCUT2D eigenvalue weighted by atomic mass is 35.5. The van der Waals surface area contributed by atoms with Crippen LogP contribution in [0, 0.1) is 0 Å². The van der Waals surface area contributed by atoms with Crippen molar-refractivity contribution in [2.24, 2.45) is 0 Å². The van der Waals surface area contributed by atoms with Gasteiger partial charge in [-0.05, 0) is 29.7 Å². The fourth-order valence-corrected chi connectivity index (χ4v) is 2.69. The van der Waals surface area contributed by atoms with Crippen LogP contribution < -0.4 is 5.32 Å². The minimum Gasteiger partial charge on any atom is -0.311 e. The summed E-state index contributed by atoms with van der Waals surface area (Å²) in [4.78, 5) is 12.2. The van der Waals surface area contributed by atoms with Crippen molar-refractivity contribution in [1.82, 2.24) is 9.78 Å². The predicted octanol–water partition coefficient (Wildman–Crippen LogP) is 4.16. The van der Waals surface area contributed by atoms with Crippen molar-refractivity contribution in [2.45, 2.75) is 19.4 Å². The fourth-order valence-electron chi connectivity index (χ4n) is 2.48. The van der Waals surface area contributed by atoms with E-state index in [0.29, 0.717) is 23.8 Å². The van der Waals surface area contributed by atoms with Crippen LogP contribution in [0.25, 0.3) is 0 Å². The smallest absolute Gasteiger partial charge is 0.225 e. The summed E-state index contributed by atoms with van der Waals surface area (Å²) in [6.07, 6.45) is 2.83. The molecule has 2 aromatic carbocycles. The standard InChI is InChI=1S/C19H18ClN3O/c20-17-8-4-7-16(13-17)14-23-18(11-12-21-23)22-19(24)10-9-15-5-2-1-3-6-15/h1-8,11-13H,9-10,14H2,(H,22,24). The van der Waals surface area contributed by atoms with Crippen molar-refractivity contribution in [2.75, 3.05) is 5.32 Å². The molecule has 0 saturated carbocycles. The second kappa shape index (κ2) is 7.79. The van der Waals surface area contributed by atoms with Crippen LogP contribution in [-0.4, -0.2) is 15.7 Å². The first-order valence-electron chi connectivity index (χ1n) is 7.81. The molecule has 0 saturated heterocycles. The zero-order valence-corrected chi connectivity index (χ0v) is 13.9. The van der Waals surface area contributed by atoms with E-state index in [0.717, 1.165) is 17.5 Å². The zero-order chi connectivity index (χ0) is 16.8. The van der Waals surface area contributed by atoms with Crippen LogP contribution in [0.1, 0.15) is 17.5 Å². The van der Waals surface area contributed by atoms with E-state index >= 15 is 0 Å². The maximum Gasteiger partial charge on any atom is 0.225 e. The number of halogens is 1. The SMILES string of the molecule is O=C(CCc1ccccc1)Nc1ccnn1Cc1cccc(Cl)c1. The molecule has 5 heteroatoms. The van der Waals surface area contributed by atoms with Crippen LogP contribution in [0.2, 0.25) is 5.02 Å². The lowest BCUT2D eigenvalue weighted by Crippen LogP contribution is -2.16. The van der Waals surface area contributed by atoms with Crippen molar-refractivity contribution >= 4 is 23.3 Å². The number of amides is 1. The predicted molar refractivity (Wildman–Crippen MR) is 96.2 cm³/mol. The van der Waals surface area contributed by atoms with Gasteiger partial charge in [0.25, 0.3) is 0 Å². The molecule has 0 radical (unpaired) electrons. The summed E-state index contributed by atoms with van der Waals surface area (Å²) >= 11 is 6.01. The summed E-state index contributed by atoms with van der Waals surface area (Å²) in [5.74, 6) is 0.666. The number of nitrogens with one attached hydrogen (secondary N) is 1. The molecule has 0 aliphatic rings. The molecule has 1 heterocycles. The van der Waals surface area contributed by atoms with Gasteiger partial charge >= 0.3 is 0 Å². The Balaban J connectivity index is 1.59. The van der Waals surface area contributed by atoms with Crippen molar-refractivity contribution in [3.05, 3.63) is 83.0 Å². The number of anilines is 1. The second-order valence-corrected chi connectivity index (χ2v) is 5.97. The van der Waals surface area contributed by atoms with Gasteiger partial charge in [0, 0.05) is 17.5 Å². The van der Waals surface area contributed by atoms with Gasteiger partial charge in [0.05, 0.1) is 12.7 Å². The molecule has 3 rings (SSSR count). The van der Waals surface area contributed by atoms with E-state index in [-0.39, 0.29) is 5.91 Å². The topological polar surface area (TPSA) is 46.9 Å². The quantitative estimate of drug-likeness (QED) is 0.733. The first-order chi connectivity index (χ1) is 11.7. The van der Waals surface area contributed by atoms with E-state index < -0.39 is 0 Å². The Morgan fingerprint density at radius 2 is 1.83 bits per heavy atom. The summed E-state index contributed by atoms with van der Waals surface area (Å²) in [6.45, 7) is 0.557. The monoisotopic (exact) mass is 339 g/mol. The van der Waals surface area contributed by atoms with Gasteiger partial charge in [0.15, 0.2) is 0 Å². The van der Waals surface area contributed by atoms with Crippen molar-refractivity contribution < 1.29 is 4.79 Å². The average molecular weight is 340 g/mol. The molecule has 24 heavy (non-hydrogen) atoms. The lowest BCUT2D eigenvalue weighted by atomic mass is 10.1. The number of hydrogen-bond acceptors (Lipinski definition) is 2. The summed E-state index contributed by atoms with van der Waals surface area (Å²) in [5.41, 5.74) is 2.19. The van der Waals surface area contributed by atoms with Crippen LogP contribution in [0.4, 0.5) is 5.82 Å². The van der Waals surface area contributed by atoms with Crippen LogP contribution in [0.5, 0.6) is 0 Å². The largest absolute Gasteiger partial charge is 0.311 e. The van der Waals surface area contributed by atoms with Crippen LogP contribution in [0.3, 0.4) is 0 Å². The Morgan fingerprint density at radius 3 is 2.62 bits per heavy atom. The average Bonchev–Trinajstić information content (AvgIpc) is 3.01. The van der Waals surface area contributed by atoms with Gasteiger partial charge in [-0.15, -0.1) is 0 Å². The highest BCUT2D eigenvalue weighted by Gasteiger charge is 2.08. The molecule has 4 nitrogen and oxygen atoms in total. The molecule has 1 aromatic heterocycles. The van der Waals surface area contributed by atoms with E-state index in [2.05, 4.69) is 10.4 Å². The van der Waals surface area contributed by atoms with Crippen molar-refractivity contribution in [3.63, 3.8) is 0 Å². The second-order valence-electron chi connectivity index (χ2n) is 5.54. The van der Waals surface area contributed by atoms with Gasteiger partial charge in [-0.2, -0.15) is 5.10 Å². The van der Waals surface area contributed by atoms with E-state index in [1.54, 1.807) is 16.9 Å². The summed E-state index contributed by atoms with van der Waals surface area (Å²) in [7, 11) is 0. The summed E-state index contributed by atoms with van der Waals surface area (Å²) in [6, 6.07) is 19.4. The summed E-state index contributed by atoms with van der Waals surface area (Å²) < 4.78 is 1.76. The number of aromatic nitrogens is 2. The fraction of sp³-hybridized carbons (Fsp3) is 0.158. The Kier molecular flexibility index (Phi) is 5.29. The number of rotatable bonds is 6. The molecular formula is C19H18ClN3O. The number of carbonyl (C=O) groups excluding carboxylic acids is 1. The first-order valence-corrected chi connectivity index (χ1v) is 8.18. The number of hydrogen-bond donors (Lipinski definition) is 1. The van der Waals surface area contributed by atoms with Gasteiger partial charge < -0.3 is 5.32 Å². The molecule has 0 aliphatic heterocycles. The van der Waals surface area contributed by atoms with E-state index in [9.17, 15) is 4.79 Å². The van der Waals surface area contributed by atoms with Crippen LogP contribution in [-0.2, 0) is 17.8 Å².